The lowest BCUT2D eigenvalue weighted by molar-refractivity contribution is 0.117. The summed E-state index contributed by atoms with van der Waals surface area (Å²) in [7, 11) is 0. The van der Waals surface area contributed by atoms with Crippen LogP contribution in [0.3, 0.4) is 0 Å². The average molecular weight is 314 g/mol. The fraction of sp³-hybridized carbons (Fsp3) is 0.619. The van der Waals surface area contributed by atoms with Gasteiger partial charge in [0, 0.05) is 17.5 Å². The van der Waals surface area contributed by atoms with E-state index in [9.17, 15) is 5.11 Å². The van der Waals surface area contributed by atoms with Crippen LogP contribution in [0.15, 0.2) is 23.8 Å². The van der Waals surface area contributed by atoms with E-state index >= 15 is 0 Å². The second kappa shape index (κ2) is 6.22. The number of phenolic OH excluding ortho intramolecular Hbond substituents is 1. The van der Waals surface area contributed by atoms with Gasteiger partial charge in [0.25, 0.3) is 0 Å². The number of aromatic hydroxyl groups is 1. The predicted molar refractivity (Wildman–Crippen MR) is 95.3 cm³/mol. The molecule has 1 aliphatic heterocycles. The van der Waals surface area contributed by atoms with E-state index in [0.717, 1.165) is 18.6 Å². The molecule has 0 bridgehead atoms. The standard InChI is InChI=1S/C21H30O2/c1-5-6-7-8-15-12-16(22)13-19-20(15)17-11-14(2)9-10-18(17)21(3,4)23-19/h10,12-14,17,22H,5-9,11H2,1-4H3/t14-,17-/m1/s1. The number of ether oxygens (including phenoxy) is 1. The third-order valence-corrected chi connectivity index (χ3v) is 5.42. The maximum atomic E-state index is 10.1. The lowest BCUT2D eigenvalue weighted by Crippen LogP contribution is -2.40. The molecule has 0 saturated heterocycles. The van der Waals surface area contributed by atoms with E-state index in [2.05, 4.69) is 33.8 Å². The Balaban J connectivity index is 2.06. The molecule has 2 nitrogen and oxygen atoms in total. The van der Waals surface area contributed by atoms with Crippen molar-refractivity contribution in [1.29, 1.82) is 0 Å². The number of unbranched alkanes of at least 4 members (excludes halogenated alkanes) is 2. The monoisotopic (exact) mass is 314 g/mol. The number of phenols is 1. The molecule has 0 fully saturated rings. The van der Waals surface area contributed by atoms with E-state index in [1.807, 2.05) is 12.1 Å². The fourth-order valence-electron chi connectivity index (χ4n) is 4.29. The Morgan fingerprint density at radius 2 is 2.04 bits per heavy atom. The highest BCUT2D eigenvalue weighted by molar-refractivity contribution is 5.55. The molecule has 126 valence electrons. The molecule has 0 unspecified atom stereocenters. The lowest BCUT2D eigenvalue weighted by atomic mass is 9.69. The van der Waals surface area contributed by atoms with Crippen LogP contribution in [0.1, 0.15) is 76.8 Å². The van der Waals surface area contributed by atoms with Crippen LogP contribution in [-0.2, 0) is 6.42 Å². The largest absolute Gasteiger partial charge is 0.508 e. The van der Waals surface area contributed by atoms with Crippen LogP contribution in [-0.4, -0.2) is 10.7 Å². The van der Waals surface area contributed by atoms with E-state index in [4.69, 9.17) is 4.74 Å². The minimum atomic E-state index is -0.272. The molecule has 0 saturated carbocycles. The molecule has 2 heteroatoms. The number of hydrogen-bond donors (Lipinski definition) is 1. The molecule has 1 N–H and O–H groups in total. The Kier molecular flexibility index (Phi) is 4.44. The smallest absolute Gasteiger partial charge is 0.128 e. The molecule has 2 aliphatic rings. The summed E-state index contributed by atoms with van der Waals surface area (Å²) in [5.41, 5.74) is 3.79. The van der Waals surface area contributed by atoms with E-state index in [-0.39, 0.29) is 5.60 Å². The maximum absolute atomic E-state index is 10.1. The molecule has 0 aromatic heterocycles. The van der Waals surface area contributed by atoms with Crippen molar-refractivity contribution in [3.8, 4) is 11.5 Å². The summed E-state index contributed by atoms with van der Waals surface area (Å²) >= 11 is 0. The van der Waals surface area contributed by atoms with Gasteiger partial charge in [-0.25, -0.2) is 0 Å². The zero-order valence-electron chi connectivity index (χ0n) is 15.0. The molecule has 0 amide bonds. The van der Waals surface area contributed by atoms with Gasteiger partial charge >= 0.3 is 0 Å². The Bertz CT molecular complexity index is 613. The molecular formula is C21H30O2. The van der Waals surface area contributed by atoms with Crippen molar-refractivity contribution in [3.63, 3.8) is 0 Å². The molecule has 23 heavy (non-hydrogen) atoms. The Hall–Kier alpha value is -1.44. The van der Waals surface area contributed by atoms with E-state index in [0.29, 0.717) is 17.6 Å². The van der Waals surface area contributed by atoms with Crippen LogP contribution in [0.5, 0.6) is 11.5 Å². The number of benzene rings is 1. The molecule has 1 aliphatic carbocycles. The topological polar surface area (TPSA) is 29.5 Å². The minimum Gasteiger partial charge on any atom is -0.508 e. The van der Waals surface area contributed by atoms with Crippen molar-refractivity contribution in [2.45, 2.75) is 77.7 Å². The van der Waals surface area contributed by atoms with E-state index in [1.165, 1.54) is 42.4 Å². The molecule has 2 atom stereocenters. The normalized spacial score (nSPS) is 25.1. The summed E-state index contributed by atoms with van der Waals surface area (Å²) in [4.78, 5) is 0. The first-order valence-corrected chi connectivity index (χ1v) is 9.17. The summed E-state index contributed by atoms with van der Waals surface area (Å²) in [6.45, 7) is 8.89. The molecule has 0 spiro atoms. The lowest BCUT2D eigenvalue weighted by Gasteiger charge is -2.44. The van der Waals surface area contributed by atoms with Gasteiger partial charge in [0.15, 0.2) is 0 Å². The highest BCUT2D eigenvalue weighted by Gasteiger charge is 2.41. The second-order valence-corrected chi connectivity index (χ2v) is 7.87. The van der Waals surface area contributed by atoms with Gasteiger partial charge in [-0.3, -0.25) is 0 Å². The first kappa shape index (κ1) is 16.4. The number of rotatable bonds is 4. The van der Waals surface area contributed by atoms with Crippen molar-refractivity contribution < 1.29 is 9.84 Å². The average Bonchev–Trinajstić information content (AvgIpc) is 2.45. The summed E-state index contributed by atoms with van der Waals surface area (Å²) in [5.74, 6) is 2.40. The van der Waals surface area contributed by atoms with Gasteiger partial charge in [0.2, 0.25) is 0 Å². The molecule has 1 heterocycles. The van der Waals surface area contributed by atoms with Crippen molar-refractivity contribution >= 4 is 0 Å². The van der Waals surface area contributed by atoms with Crippen LogP contribution >= 0.6 is 0 Å². The van der Waals surface area contributed by atoms with Gasteiger partial charge in [0.05, 0.1) is 0 Å². The zero-order valence-corrected chi connectivity index (χ0v) is 15.0. The van der Waals surface area contributed by atoms with Gasteiger partial charge in [-0.15, -0.1) is 0 Å². The van der Waals surface area contributed by atoms with E-state index in [1.54, 1.807) is 0 Å². The van der Waals surface area contributed by atoms with Crippen molar-refractivity contribution in [1.82, 2.24) is 0 Å². The molecule has 3 rings (SSSR count). The van der Waals surface area contributed by atoms with Crippen molar-refractivity contribution in [2.75, 3.05) is 0 Å². The predicted octanol–water partition coefficient (Wildman–Crippen LogP) is 5.74. The van der Waals surface area contributed by atoms with Crippen molar-refractivity contribution in [3.05, 3.63) is 34.9 Å². The number of aryl methyl sites for hydroxylation is 1. The maximum Gasteiger partial charge on any atom is 0.128 e. The van der Waals surface area contributed by atoms with Gasteiger partial charge in [-0.05, 0) is 62.7 Å². The van der Waals surface area contributed by atoms with E-state index < -0.39 is 0 Å². The molecule has 0 radical (unpaired) electrons. The van der Waals surface area contributed by atoms with Gasteiger partial charge < -0.3 is 9.84 Å². The van der Waals surface area contributed by atoms with Crippen LogP contribution in [0, 0.1) is 5.92 Å². The van der Waals surface area contributed by atoms with Gasteiger partial charge in [0.1, 0.15) is 17.1 Å². The summed E-state index contributed by atoms with van der Waals surface area (Å²) in [6.07, 6.45) is 9.42. The Morgan fingerprint density at radius 3 is 2.78 bits per heavy atom. The molecule has 1 aromatic rings. The number of hydrogen-bond acceptors (Lipinski definition) is 2. The number of allylic oxidation sites excluding steroid dienone is 1. The van der Waals surface area contributed by atoms with Gasteiger partial charge in [-0.1, -0.05) is 32.8 Å². The Morgan fingerprint density at radius 1 is 1.26 bits per heavy atom. The minimum absolute atomic E-state index is 0.272. The summed E-state index contributed by atoms with van der Waals surface area (Å²) < 4.78 is 6.32. The van der Waals surface area contributed by atoms with Gasteiger partial charge in [-0.2, -0.15) is 0 Å². The third kappa shape index (κ3) is 3.13. The van der Waals surface area contributed by atoms with Crippen LogP contribution in [0.4, 0.5) is 0 Å². The summed E-state index contributed by atoms with van der Waals surface area (Å²) in [5, 5.41) is 10.1. The quantitative estimate of drug-likeness (QED) is 0.567. The zero-order chi connectivity index (χ0) is 16.6. The molecule has 1 aromatic carbocycles. The summed E-state index contributed by atoms with van der Waals surface area (Å²) in [6, 6.07) is 3.78. The highest BCUT2D eigenvalue weighted by atomic mass is 16.5. The third-order valence-electron chi connectivity index (χ3n) is 5.42. The highest BCUT2D eigenvalue weighted by Crippen LogP contribution is 2.52. The number of fused-ring (bicyclic) bond motifs is 3. The van der Waals surface area contributed by atoms with Crippen LogP contribution < -0.4 is 4.74 Å². The van der Waals surface area contributed by atoms with Crippen LogP contribution in [0.25, 0.3) is 0 Å². The first-order valence-electron chi connectivity index (χ1n) is 9.17. The molecular weight excluding hydrogens is 284 g/mol. The first-order chi connectivity index (χ1) is 10.9. The van der Waals surface area contributed by atoms with Crippen molar-refractivity contribution in [2.24, 2.45) is 5.92 Å². The fourth-order valence-corrected chi connectivity index (χ4v) is 4.29. The van der Waals surface area contributed by atoms with Crippen LogP contribution in [0.2, 0.25) is 0 Å². The Labute approximate surface area is 140 Å². The second-order valence-electron chi connectivity index (χ2n) is 7.87. The SMILES string of the molecule is CCCCCc1cc(O)cc2c1[C@@H]1C[C@H](C)CC=C1C(C)(C)O2.